The Morgan fingerprint density at radius 3 is 3.21 bits per heavy atom. The average Bonchev–Trinajstić information content (AvgIpc) is 2.60. The van der Waals surface area contributed by atoms with Crippen LogP contribution < -0.4 is 10.9 Å². The normalized spacial score (nSPS) is 20.8. The second-order valence-electron chi connectivity index (χ2n) is 4.84. The van der Waals surface area contributed by atoms with Gasteiger partial charge in [-0.15, -0.1) is 0 Å². The first kappa shape index (κ1) is 13.8. The van der Waals surface area contributed by atoms with E-state index in [-0.39, 0.29) is 23.1 Å². The molecule has 0 unspecified atom stereocenters. The molecule has 6 heteroatoms. The van der Waals surface area contributed by atoms with Crippen molar-refractivity contribution < 1.29 is 9.53 Å². The fourth-order valence-electron chi connectivity index (χ4n) is 2.09. The van der Waals surface area contributed by atoms with E-state index < -0.39 is 0 Å². The van der Waals surface area contributed by atoms with E-state index in [0.717, 1.165) is 19.7 Å². The van der Waals surface area contributed by atoms with Gasteiger partial charge in [0.2, 0.25) is 5.56 Å². The lowest BCUT2D eigenvalue weighted by molar-refractivity contribution is 0.0916. The molecule has 104 valence electrons. The molecule has 0 aromatic carbocycles. The number of hydrogen-bond donors (Lipinski definition) is 2. The van der Waals surface area contributed by atoms with E-state index in [1.54, 1.807) is 12.1 Å². The van der Waals surface area contributed by atoms with E-state index in [9.17, 15) is 9.59 Å². The summed E-state index contributed by atoms with van der Waals surface area (Å²) in [7, 11) is 2.04. The lowest BCUT2D eigenvalue weighted by Crippen LogP contribution is -2.36. The van der Waals surface area contributed by atoms with Gasteiger partial charge >= 0.3 is 0 Å². The number of amides is 1. The monoisotopic (exact) mass is 265 g/mol. The molecule has 6 nitrogen and oxygen atoms in total. The Kier molecular flexibility index (Phi) is 4.70. The summed E-state index contributed by atoms with van der Waals surface area (Å²) in [5, 5.41) is 2.83. The summed E-state index contributed by atoms with van der Waals surface area (Å²) in [6.07, 6.45) is 0. The van der Waals surface area contributed by atoms with Crippen molar-refractivity contribution in [3.8, 4) is 0 Å². The van der Waals surface area contributed by atoms with Crippen molar-refractivity contribution in [3.63, 3.8) is 0 Å². The number of likely N-dealkylation sites (N-methyl/N-ethyl adjacent to an activating group) is 1. The predicted molar refractivity (Wildman–Crippen MR) is 71.2 cm³/mol. The summed E-state index contributed by atoms with van der Waals surface area (Å²) in [6, 6.07) is 4.54. The first-order valence-electron chi connectivity index (χ1n) is 6.39. The maximum atomic E-state index is 11.9. The fourth-order valence-corrected chi connectivity index (χ4v) is 2.09. The van der Waals surface area contributed by atoms with E-state index >= 15 is 0 Å². The van der Waals surface area contributed by atoms with E-state index in [2.05, 4.69) is 15.2 Å². The van der Waals surface area contributed by atoms with Crippen LogP contribution in [0.1, 0.15) is 10.5 Å². The van der Waals surface area contributed by atoms with Crippen LogP contribution in [-0.4, -0.2) is 55.7 Å². The molecule has 0 saturated carbocycles. The molecule has 0 aliphatic carbocycles. The van der Waals surface area contributed by atoms with Crippen molar-refractivity contribution in [2.24, 2.45) is 5.92 Å². The third-order valence-electron chi connectivity index (χ3n) is 3.11. The van der Waals surface area contributed by atoms with Gasteiger partial charge in [0.25, 0.3) is 5.91 Å². The van der Waals surface area contributed by atoms with Crippen LogP contribution in [0.4, 0.5) is 0 Å². The summed E-state index contributed by atoms with van der Waals surface area (Å²) in [4.78, 5) is 27.7. The number of aromatic amines is 1. The fraction of sp³-hybridized carbons (Fsp3) is 0.538. The summed E-state index contributed by atoms with van der Waals surface area (Å²) >= 11 is 0. The molecule has 0 radical (unpaired) electrons. The van der Waals surface area contributed by atoms with Crippen LogP contribution in [0, 0.1) is 5.92 Å². The first-order chi connectivity index (χ1) is 9.15. The maximum absolute atomic E-state index is 11.9. The Morgan fingerprint density at radius 2 is 2.42 bits per heavy atom. The number of carbonyl (C=O) groups is 1. The molecule has 1 atom stereocenters. The van der Waals surface area contributed by atoms with Crippen LogP contribution >= 0.6 is 0 Å². The van der Waals surface area contributed by atoms with Crippen LogP contribution in [0.3, 0.4) is 0 Å². The van der Waals surface area contributed by atoms with Gasteiger partial charge in [-0.2, -0.15) is 0 Å². The van der Waals surface area contributed by atoms with E-state index in [1.165, 1.54) is 6.07 Å². The van der Waals surface area contributed by atoms with Crippen LogP contribution in [-0.2, 0) is 4.74 Å². The van der Waals surface area contributed by atoms with Crippen LogP contribution in [0.2, 0.25) is 0 Å². The number of carbonyl (C=O) groups excluding carboxylic acids is 1. The third kappa shape index (κ3) is 4.18. The largest absolute Gasteiger partial charge is 0.380 e. The number of rotatable bonds is 3. The number of aromatic nitrogens is 1. The number of ether oxygens (including phenoxy) is 1. The number of nitrogens with zero attached hydrogens (tertiary/aromatic N) is 1. The van der Waals surface area contributed by atoms with Gasteiger partial charge < -0.3 is 19.9 Å². The predicted octanol–water partition coefficient (Wildman–Crippen LogP) is -0.317. The Morgan fingerprint density at radius 1 is 1.58 bits per heavy atom. The number of pyridine rings is 1. The molecule has 2 heterocycles. The van der Waals surface area contributed by atoms with Crippen molar-refractivity contribution in [2.75, 3.05) is 39.9 Å². The smallest absolute Gasteiger partial charge is 0.267 e. The van der Waals surface area contributed by atoms with Gasteiger partial charge in [-0.25, -0.2) is 0 Å². The van der Waals surface area contributed by atoms with E-state index in [1.807, 2.05) is 7.05 Å². The van der Waals surface area contributed by atoms with Crippen LogP contribution in [0.15, 0.2) is 23.0 Å². The van der Waals surface area contributed by atoms with Gasteiger partial charge in [-0.1, -0.05) is 6.07 Å². The maximum Gasteiger partial charge on any atom is 0.267 e. The summed E-state index contributed by atoms with van der Waals surface area (Å²) in [5.74, 6) is 0.0106. The molecule has 0 spiro atoms. The zero-order chi connectivity index (χ0) is 13.7. The molecule has 2 N–H and O–H groups in total. The highest BCUT2D eigenvalue weighted by Crippen LogP contribution is 2.04. The van der Waals surface area contributed by atoms with Crippen molar-refractivity contribution >= 4 is 5.91 Å². The number of nitrogens with one attached hydrogen (secondary N) is 2. The minimum absolute atomic E-state index is 0.260. The topological polar surface area (TPSA) is 74.4 Å². The van der Waals surface area contributed by atoms with Gasteiger partial charge in [0.15, 0.2) is 0 Å². The van der Waals surface area contributed by atoms with E-state index in [4.69, 9.17) is 4.74 Å². The van der Waals surface area contributed by atoms with Gasteiger partial charge in [-0.3, -0.25) is 9.59 Å². The number of H-pyrrole nitrogens is 1. The molecule has 1 saturated heterocycles. The third-order valence-corrected chi connectivity index (χ3v) is 3.11. The summed E-state index contributed by atoms with van der Waals surface area (Å²) < 4.78 is 5.48. The molecule has 1 fully saturated rings. The second-order valence-corrected chi connectivity index (χ2v) is 4.84. The lowest BCUT2D eigenvalue weighted by atomic mass is 10.1. The van der Waals surface area contributed by atoms with E-state index in [0.29, 0.717) is 13.2 Å². The SMILES string of the molecule is CN1CCOC[C@@H](CNC(=O)c2cccc(=O)[nH]2)C1. The average molecular weight is 265 g/mol. The van der Waals surface area contributed by atoms with Gasteiger partial charge in [0.05, 0.1) is 13.2 Å². The van der Waals surface area contributed by atoms with Crippen molar-refractivity contribution in [2.45, 2.75) is 0 Å². The molecule has 1 aliphatic rings. The lowest BCUT2D eigenvalue weighted by Gasteiger charge is -2.19. The van der Waals surface area contributed by atoms with Crippen LogP contribution in [0.5, 0.6) is 0 Å². The molecule has 1 amide bonds. The zero-order valence-corrected chi connectivity index (χ0v) is 11.0. The summed E-state index contributed by atoms with van der Waals surface area (Å²) in [6.45, 7) is 3.73. The Labute approximate surface area is 111 Å². The molecular formula is C13H19N3O3. The Bertz CT molecular complexity index is 486. The minimum atomic E-state index is -0.273. The molecule has 1 aromatic rings. The standard InChI is InChI=1S/C13H19N3O3/c1-16-5-6-19-9-10(8-16)7-14-13(18)11-3-2-4-12(17)15-11/h2-4,10H,5-9H2,1H3,(H,14,18)(H,15,17)/t10-/m0/s1. The highest BCUT2D eigenvalue weighted by Gasteiger charge is 2.17. The molecule has 2 rings (SSSR count). The summed E-state index contributed by atoms with van der Waals surface area (Å²) in [5.41, 5.74) is 0.0144. The van der Waals surface area contributed by atoms with Gasteiger partial charge in [-0.05, 0) is 13.1 Å². The highest BCUT2D eigenvalue weighted by molar-refractivity contribution is 5.92. The second kappa shape index (κ2) is 6.49. The van der Waals surface area contributed by atoms with Gasteiger partial charge in [0, 0.05) is 31.6 Å². The zero-order valence-electron chi connectivity index (χ0n) is 11.0. The van der Waals surface area contributed by atoms with Crippen molar-refractivity contribution in [1.82, 2.24) is 15.2 Å². The minimum Gasteiger partial charge on any atom is -0.380 e. The quantitative estimate of drug-likeness (QED) is 0.785. The number of hydrogen-bond acceptors (Lipinski definition) is 4. The van der Waals surface area contributed by atoms with Gasteiger partial charge in [0.1, 0.15) is 5.69 Å². The molecule has 1 aliphatic heterocycles. The Hall–Kier alpha value is -1.66. The Balaban J connectivity index is 1.87. The van der Waals surface area contributed by atoms with Crippen molar-refractivity contribution in [3.05, 3.63) is 34.2 Å². The first-order valence-corrected chi connectivity index (χ1v) is 6.39. The molecule has 0 bridgehead atoms. The van der Waals surface area contributed by atoms with Crippen molar-refractivity contribution in [1.29, 1.82) is 0 Å². The molecular weight excluding hydrogens is 246 g/mol. The molecule has 19 heavy (non-hydrogen) atoms. The molecule has 1 aromatic heterocycles. The van der Waals surface area contributed by atoms with Crippen LogP contribution in [0.25, 0.3) is 0 Å². The highest BCUT2D eigenvalue weighted by atomic mass is 16.5.